The van der Waals surface area contributed by atoms with Gasteiger partial charge in [-0.3, -0.25) is 9.47 Å². The van der Waals surface area contributed by atoms with Gasteiger partial charge in [-0.05, 0) is 53.8 Å². The molecule has 2 aliphatic rings. The lowest BCUT2D eigenvalue weighted by Gasteiger charge is -2.35. The Morgan fingerprint density at radius 1 is 1.07 bits per heavy atom. The van der Waals surface area contributed by atoms with E-state index in [1.54, 1.807) is 4.57 Å². The first kappa shape index (κ1) is 27.5. The molecule has 1 atom stereocenters. The highest BCUT2D eigenvalue weighted by molar-refractivity contribution is 5.51. The molecule has 0 spiro atoms. The molecule has 1 fully saturated rings. The van der Waals surface area contributed by atoms with Crippen LogP contribution in [0.4, 0.5) is 24.7 Å². The van der Waals surface area contributed by atoms with Crippen LogP contribution in [0.2, 0.25) is 0 Å². The number of anilines is 1. The maximum absolute atomic E-state index is 12.7. The Morgan fingerprint density at radius 3 is 2.42 bits per heavy atom. The smallest absolute Gasteiger partial charge is 0.416 e. The molecule has 0 aliphatic carbocycles. The second kappa shape index (κ2) is 11.2. The van der Waals surface area contributed by atoms with Crippen LogP contribution in [0, 0.1) is 10.1 Å². The van der Waals surface area contributed by atoms with Crippen molar-refractivity contribution in [3.8, 4) is 11.8 Å². The number of benzene rings is 2. The predicted octanol–water partition coefficient (Wildman–Crippen LogP) is 5.27. The molecule has 212 valence electrons. The Labute approximate surface area is 229 Å². The van der Waals surface area contributed by atoms with Gasteiger partial charge in [-0.1, -0.05) is 24.3 Å². The van der Waals surface area contributed by atoms with E-state index < -0.39 is 22.3 Å². The Kier molecular flexibility index (Phi) is 7.70. The van der Waals surface area contributed by atoms with Gasteiger partial charge in [0.2, 0.25) is 0 Å². The van der Waals surface area contributed by atoms with E-state index in [1.165, 1.54) is 18.3 Å². The lowest BCUT2D eigenvalue weighted by Crippen LogP contribution is -2.46. The van der Waals surface area contributed by atoms with Crippen molar-refractivity contribution in [2.75, 3.05) is 44.2 Å². The number of piperazine rings is 1. The van der Waals surface area contributed by atoms with Crippen molar-refractivity contribution in [2.24, 2.45) is 0 Å². The molecule has 0 bridgehead atoms. The van der Waals surface area contributed by atoms with Crippen LogP contribution in [0.5, 0.6) is 11.8 Å². The summed E-state index contributed by atoms with van der Waals surface area (Å²) in [7, 11) is 0. The normalized spacial score (nSPS) is 19.9. The van der Waals surface area contributed by atoms with Crippen LogP contribution in [0.15, 0.2) is 60.8 Å². The molecule has 9 nitrogen and oxygen atoms in total. The molecule has 12 heteroatoms. The first-order valence-corrected chi connectivity index (χ1v) is 13.0. The van der Waals surface area contributed by atoms with Gasteiger partial charge < -0.3 is 24.5 Å². The van der Waals surface area contributed by atoms with Gasteiger partial charge in [-0.15, -0.1) is 0 Å². The number of rotatable bonds is 8. The van der Waals surface area contributed by atoms with Gasteiger partial charge in [0, 0.05) is 56.4 Å². The summed E-state index contributed by atoms with van der Waals surface area (Å²) >= 11 is 0. The van der Waals surface area contributed by atoms with Crippen molar-refractivity contribution < 1.29 is 27.6 Å². The summed E-state index contributed by atoms with van der Waals surface area (Å²) in [4.78, 5) is 19.0. The SMILES string of the molecule is CC1(COc2ccc(N3CCN(CC=Cc4ccc(C(F)(F)F)cc4)CC3)cc2)CCn2cc([N+](=O)[O-])nc2O1. The quantitative estimate of drug-likeness (QED) is 0.276. The fourth-order valence-electron chi connectivity index (χ4n) is 4.74. The summed E-state index contributed by atoms with van der Waals surface area (Å²) < 4.78 is 51.7. The number of nitro groups is 1. The molecular formula is C28H30F3N5O4. The van der Waals surface area contributed by atoms with Crippen molar-refractivity contribution in [2.45, 2.75) is 31.7 Å². The standard InChI is InChI=1S/C28H30F3N5O4/c1-27(12-14-35-19-25(36(37)38)32-26(35)40-27)20-39-24-10-8-23(9-11-24)34-17-15-33(16-18-34)13-2-3-21-4-6-22(7-5-21)28(29,30)31/h2-11,19H,12-18,20H2,1H3. The maximum Gasteiger partial charge on any atom is 0.416 e. The van der Waals surface area contributed by atoms with Gasteiger partial charge in [-0.25, -0.2) is 0 Å². The van der Waals surface area contributed by atoms with Gasteiger partial charge in [0.15, 0.2) is 0 Å². The third-order valence-corrected chi connectivity index (χ3v) is 7.16. The summed E-state index contributed by atoms with van der Waals surface area (Å²) in [5.74, 6) is 0.478. The average molecular weight is 558 g/mol. The predicted molar refractivity (Wildman–Crippen MR) is 144 cm³/mol. The molecule has 3 aromatic rings. The number of aromatic nitrogens is 2. The highest BCUT2D eigenvalue weighted by Gasteiger charge is 2.37. The largest absolute Gasteiger partial charge is 0.489 e. The highest BCUT2D eigenvalue weighted by Crippen LogP contribution is 2.31. The van der Waals surface area contributed by atoms with Crippen LogP contribution in [-0.2, 0) is 12.7 Å². The van der Waals surface area contributed by atoms with Crippen molar-refractivity contribution >= 4 is 17.6 Å². The lowest BCUT2D eigenvalue weighted by atomic mass is 10.0. The molecule has 0 N–H and O–H groups in total. The number of alkyl halides is 3. The van der Waals surface area contributed by atoms with E-state index in [2.05, 4.69) is 14.8 Å². The maximum atomic E-state index is 12.7. The van der Waals surface area contributed by atoms with Crippen LogP contribution in [0.3, 0.4) is 0 Å². The number of fused-ring (bicyclic) bond motifs is 1. The van der Waals surface area contributed by atoms with Crippen LogP contribution >= 0.6 is 0 Å². The topological polar surface area (TPSA) is 85.9 Å². The summed E-state index contributed by atoms with van der Waals surface area (Å²) in [6.07, 6.45) is 1.53. The van der Waals surface area contributed by atoms with Crippen LogP contribution in [0.25, 0.3) is 6.08 Å². The van der Waals surface area contributed by atoms with E-state index in [4.69, 9.17) is 9.47 Å². The summed E-state index contributed by atoms with van der Waals surface area (Å²) in [5.41, 5.74) is 0.553. The summed E-state index contributed by atoms with van der Waals surface area (Å²) in [5, 5.41) is 11.0. The first-order chi connectivity index (χ1) is 19.1. The molecular weight excluding hydrogens is 527 g/mol. The van der Waals surface area contributed by atoms with Crippen LogP contribution in [-0.4, -0.2) is 64.3 Å². The Hall–Kier alpha value is -4.06. The second-order valence-corrected chi connectivity index (χ2v) is 10.2. The van der Waals surface area contributed by atoms with E-state index in [-0.39, 0.29) is 18.4 Å². The summed E-state index contributed by atoms with van der Waals surface area (Å²) in [6, 6.07) is 13.3. The average Bonchev–Trinajstić information content (AvgIpc) is 3.36. The molecule has 2 aliphatic heterocycles. The van der Waals surface area contributed by atoms with E-state index in [0.717, 1.165) is 56.1 Å². The zero-order valence-electron chi connectivity index (χ0n) is 22.0. The molecule has 1 aromatic heterocycles. The van der Waals surface area contributed by atoms with Gasteiger partial charge in [0.1, 0.15) is 24.2 Å². The fourth-order valence-corrected chi connectivity index (χ4v) is 4.74. The third-order valence-electron chi connectivity index (χ3n) is 7.16. The number of nitrogens with zero attached hydrogens (tertiary/aromatic N) is 5. The van der Waals surface area contributed by atoms with E-state index in [9.17, 15) is 23.3 Å². The molecule has 5 rings (SSSR count). The molecule has 0 saturated carbocycles. The Balaban J connectivity index is 1.06. The Bertz CT molecular complexity index is 1350. The van der Waals surface area contributed by atoms with Crippen molar-refractivity contribution in [3.05, 3.63) is 82.0 Å². The number of imidazole rings is 1. The van der Waals surface area contributed by atoms with E-state index in [0.29, 0.717) is 18.7 Å². The molecule has 1 saturated heterocycles. The van der Waals surface area contributed by atoms with Gasteiger partial charge in [-0.2, -0.15) is 13.2 Å². The zero-order valence-corrected chi connectivity index (χ0v) is 22.0. The minimum Gasteiger partial charge on any atom is -0.489 e. The molecule has 40 heavy (non-hydrogen) atoms. The second-order valence-electron chi connectivity index (χ2n) is 10.2. The number of hydrogen-bond acceptors (Lipinski definition) is 7. The summed E-state index contributed by atoms with van der Waals surface area (Å²) in [6.45, 7) is 6.95. The van der Waals surface area contributed by atoms with Gasteiger partial charge >= 0.3 is 18.0 Å². The number of halogens is 3. The zero-order chi connectivity index (χ0) is 28.3. The first-order valence-electron chi connectivity index (χ1n) is 13.0. The molecule has 3 heterocycles. The van der Waals surface area contributed by atoms with Gasteiger partial charge in [0.05, 0.1) is 5.56 Å². The molecule has 2 aromatic carbocycles. The van der Waals surface area contributed by atoms with Crippen LogP contribution in [0.1, 0.15) is 24.5 Å². The van der Waals surface area contributed by atoms with Crippen molar-refractivity contribution in [1.82, 2.24) is 14.5 Å². The number of ether oxygens (including phenoxy) is 2. The number of hydrogen-bond donors (Lipinski definition) is 0. The number of aryl methyl sites for hydroxylation is 1. The van der Waals surface area contributed by atoms with E-state index >= 15 is 0 Å². The third kappa shape index (κ3) is 6.56. The highest BCUT2D eigenvalue weighted by atomic mass is 19.4. The van der Waals surface area contributed by atoms with Crippen molar-refractivity contribution in [3.63, 3.8) is 0 Å². The van der Waals surface area contributed by atoms with E-state index in [1.807, 2.05) is 43.3 Å². The molecule has 0 amide bonds. The minimum atomic E-state index is -4.32. The molecule has 0 radical (unpaired) electrons. The molecule has 1 unspecified atom stereocenters. The fraction of sp³-hybridized carbons (Fsp3) is 0.393. The monoisotopic (exact) mass is 557 g/mol. The Morgan fingerprint density at radius 2 is 1.77 bits per heavy atom. The van der Waals surface area contributed by atoms with Gasteiger partial charge in [0.25, 0.3) is 0 Å². The van der Waals surface area contributed by atoms with Crippen LogP contribution < -0.4 is 14.4 Å². The lowest BCUT2D eigenvalue weighted by molar-refractivity contribution is -0.389. The minimum absolute atomic E-state index is 0.230. The van der Waals surface area contributed by atoms with Crippen molar-refractivity contribution in [1.29, 1.82) is 0 Å².